The SMILES string of the molecule is CCOC(=O)C(C)(C)Oc1ccc2c(c1)C[C@@H](NCc1ccccc1)CC2.Cl. The highest BCUT2D eigenvalue weighted by Gasteiger charge is 2.32. The molecule has 0 spiro atoms. The number of aryl methyl sites for hydroxylation is 1. The van der Waals surface area contributed by atoms with Crippen molar-refractivity contribution in [1.29, 1.82) is 0 Å². The smallest absolute Gasteiger partial charge is 0.349 e. The largest absolute Gasteiger partial charge is 0.476 e. The Bertz CT molecular complexity index is 777. The van der Waals surface area contributed by atoms with Crippen molar-refractivity contribution in [2.45, 2.75) is 58.2 Å². The molecule has 152 valence electrons. The zero-order chi connectivity index (χ0) is 19.3. The molecule has 0 bridgehead atoms. The van der Waals surface area contributed by atoms with Crippen LogP contribution in [0.1, 0.15) is 43.9 Å². The average Bonchev–Trinajstić information content (AvgIpc) is 2.67. The molecule has 5 heteroatoms. The fourth-order valence-electron chi connectivity index (χ4n) is 3.47. The van der Waals surface area contributed by atoms with E-state index < -0.39 is 5.60 Å². The van der Waals surface area contributed by atoms with Crippen LogP contribution in [-0.2, 0) is 28.9 Å². The van der Waals surface area contributed by atoms with Crippen LogP contribution in [0.3, 0.4) is 0 Å². The number of hydrogen-bond acceptors (Lipinski definition) is 4. The predicted octanol–water partition coefficient (Wildman–Crippen LogP) is 4.48. The van der Waals surface area contributed by atoms with Crippen LogP contribution >= 0.6 is 12.4 Å². The maximum Gasteiger partial charge on any atom is 0.349 e. The topological polar surface area (TPSA) is 47.6 Å². The summed E-state index contributed by atoms with van der Waals surface area (Å²) in [5, 5.41) is 3.67. The molecule has 0 saturated carbocycles. The molecule has 0 amide bonds. The Morgan fingerprint density at radius 3 is 2.61 bits per heavy atom. The Balaban J connectivity index is 0.00000280. The molecular formula is C23H30ClNO3. The summed E-state index contributed by atoms with van der Waals surface area (Å²) in [6.07, 6.45) is 3.16. The molecule has 28 heavy (non-hydrogen) atoms. The minimum Gasteiger partial charge on any atom is -0.476 e. The minimum atomic E-state index is -0.996. The van der Waals surface area contributed by atoms with Gasteiger partial charge in [-0.05, 0) is 68.9 Å². The molecule has 4 nitrogen and oxygen atoms in total. The normalized spacial score (nSPS) is 15.9. The van der Waals surface area contributed by atoms with Crippen LogP contribution in [0.15, 0.2) is 48.5 Å². The van der Waals surface area contributed by atoms with Crippen molar-refractivity contribution < 1.29 is 14.3 Å². The number of esters is 1. The zero-order valence-electron chi connectivity index (χ0n) is 16.9. The summed E-state index contributed by atoms with van der Waals surface area (Å²) in [5.74, 6) is 0.376. The Labute approximate surface area is 174 Å². The van der Waals surface area contributed by atoms with Crippen LogP contribution in [0.5, 0.6) is 5.75 Å². The molecule has 2 aromatic rings. The molecule has 0 saturated heterocycles. The predicted molar refractivity (Wildman–Crippen MR) is 114 cm³/mol. The van der Waals surface area contributed by atoms with Gasteiger partial charge in [0.1, 0.15) is 5.75 Å². The van der Waals surface area contributed by atoms with Crippen molar-refractivity contribution in [3.05, 3.63) is 65.2 Å². The van der Waals surface area contributed by atoms with E-state index in [0.29, 0.717) is 12.6 Å². The summed E-state index contributed by atoms with van der Waals surface area (Å²) in [4.78, 5) is 12.1. The molecule has 1 aliphatic carbocycles. The molecule has 0 unspecified atom stereocenters. The second-order valence-corrected chi connectivity index (χ2v) is 7.57. The van der Waals surface area contributed by atoms with Gasteiger partial charge in [-0.2, -0.15) is 0 Å². The number of hydrogen-bond donors (Lipinski definition) is 1. The summed E-state index contributed by atoms with van der Waals surface area (Å²) >= 11 is 0. The minimum absolute atomic E-state index is 0. The van der Waals surface area contributed by atoms with E-state index in [1.165, 1.54) is 16.7 Å². The average molecular weight is 404 g/mol. The van der Waals surface area contributed by atoms with Gasteiger partial charge in [-0.1, -0.05) is 36.4 Å². The van der Waals surface area contributed by atoms with Crippen LogP contribution in [0.4, 0.5) is 0 Å². The molecule has 0 heterocycles. The Morgan fingerprint density at radius 2 is 1.89 bits per heavy atom. The number of carbonyl (C=O) groups is 1. The Hall–Kier alpha value is -2.04. The van der Waals surface area contributed by atoms with Crippen molar-refractivity contribution in [1.82, 2.24) is 5.32 Å². The number of rotatable bonds is 7. The van der Waals surface area contributed by atoms with E-state index in [1.807, 2.05) is 12.1 Å². The first-order valence-electron chi connectivity index (χ1n) is 9.73. The standard InChI is InChI=1S/C23H29NO3.ClH/c1-4-26-22(25)23(2,3)27-21-13-11-18-10-12-20(14-19(18)15-21)24-16-17-8-6-5-7-9-17;/h5-9,11,13,15,20,24H,4,10,12,14,16H2,1-3H3;1H/t20-;/m0./s1. The molecule has 1 aliphatic rings. The number of ether oxygens (including phenoxy) is 2. The molecule has 0 fully saturated rings. The van der Waals surface area contributed by atoms with Gasteiger partial charge in [-0.25, -0.2) is 4.79 Å². The second kappa shape index (κ2) is 9.94. The lowest BCUT2D eigenvalue weighted by atomic mass is 9.88. The monoisotopic (exact) mass is 403 g/mol. The highest BCUT2D eigenvalue weighted by molar-refractivity contribution is 5.85. The summed E-state index contributed by atoms with van der Waals surface area (Å²) in [6, 6.07) is 17.1. The van der Waals surface area contributed by atoms with Crippen molar-refractivity contribution >= 4 is 18.4 Å². The van der Waals surface area contributed by atoms with Gasteiger partial charge in [-0.15, -0.1) is 12.4 Å². The van der Waals surface area contributed by atoms with E-state index in [1.54, 1.807) is 20.8 Å². The highest BCUT2D eigenvalue weighted by Crippen LogP contribution is 2.28. The molecule has 2 aromatic carbocycles. The van der Waals surface area contributed by atoms with Gasteiger partial charge in [-0.3, -0.25) is 0 Å². The third kappa shape index (κ3) is 5.73. The van der Waals surface area contributed by atoms with Crippen molar-refractivity contribution in [2.24, 2.45) is 0 Å². The molecule has 0 radical (unpaired) electrons. The number of fused-ring (bicyclic) bond motifs is 1. The lowest BCUT2D eigenvalue weighted by molar-refractivity contribution is -0.158. The van der Waals surface area contributed by atoms with Gasteiger partial charge in [0.2, 0.25) is 0 Å². The lowest BCUT2D eigenvalue weighted by Crippen LogP contribution is -2.39. The maximum atomic E-state index is 12.1. The quantitative estimate of drug-likeness (QED) is 0.692. The first-order valence-corrected chi connectivity index (χ1v) is 9.73. The number of benzene rings is 2. The van der Waals surface area contributed by atoms with E-state index in [-0.39, 0.29) is 18.4 Å². The summed E-state index contributed by atoms with van der Waals surface area (Å²) in [6.45, 7) is 6.52. The van der Waals surface area contributed by atoms with Gasteiger partial charge in [0.15, 0.2) is 5.60 Å². The molecule has 1 N–H and O–H groups in total. The third-order valence-electron chi connectivity index (χ3n) is 4.98. The number of nitrogens with one attached hydrogen (secondary N) is 1. The number of halogens is 1. The van der Waals surface area contributed by atoms with E-state index >= 15 is 0 Å². The molecule has 0 aromatic heterocycles. The van der Waals surface area contributed by atoms with Crippen LogP contribution in [0.25, 0.3) is 0 Å². The Kier molecular flexibility index (Phi) is 7.90. The summed E-state index contributed by atoms with van der Waals surface area (Å²) in [5.41, 5.74) is 2.97. The van der Waals surface area contributed by atoms with E-state index in [0.717, 1.165) is 31.6 Å². The molecular weight excluding hydrogens is 374 g/mol. The van der Waals surface area contributed by atoms with Crippen molar-refractivity contribution in [2.75, 3.05) is 6.61 Å². The first-order chi connectivity index (χ1) is 13.0. The van der Waals surface area contributed by atoms with Gasteiger partial charge < -0.3 is 14.8 Å². The van der Waals surface area contributed by atoms with Crippen LogP contribution in [-0.4, -0.2) is 24.2 Å². The second-order valence-electron chi connectivity index (χ2n) is 7.57. The fraction of sp³-hybridized carbons (Fsp3) is 0.435. The summed E-state index contributed by atoms with van der Waals surface area (Å²) < 4.78 is 11.1. The third-order valence-corrected chi connectivity index (χ3v) is 4.98. The van der Waals surface area contributed by atoms with Crippen LogP contribution in [0, 0.1) is 0 Å². The summed E-state index contributed by atoms with van der Waals surface area (Å²) in [7, 11) is 0. The molecule has 0 aliphatic heterocycles. The van der Waals surface area contributed by atoms with E-state index in [2.05, 4.69) is 41.7 Å². The van der Waals surface area contributed by atoms with Crippen molar-refractivity contribution in [3.63, 3.8) is 0 Å². The fourth-order valence-corrected chi connectivity index (χ4v) is 3.47. The zero-order valence-corrected chi connectivity index (χ0v) is 17.7. The maximum absolute atomic E-state index is 12.1. The van der Waals surface area contributed by atoms with Gasteiger partial charge in [0.05, 0.1) is 6.61 Å². The first kappa shape index (κ1) is 22.3. The Morgan fingerprint density at radius 1 is 1.14 bits per heavy atom. The number of carbonyl (C=O) groups excluding carboxylic acids is 1. The molecule has 1 atom stereocenters. The molecule has 3 rings (SSSR count). The van der Waals surface area contributed by atoms with Gasteiger partial charge in [0, 0.05) is 12.6 Å². The van der Waals surface area contributed by atoms with Crippen molar-refractivity contribution in [3.8, 4) is 5.75 Å². The van der Waals surface area contributed by atoms with Gasteiger partial charge in [0.25, 0.3) is 0 Å². The van der Waals surface area contributed by atoms with E-state index in [9.17, 15) is 4.79 Å². The van der Waals surface area contributed by atoms with Crippen LogP contribution < -0.4 is 10.1 Å². The highest BCUT2D eigenvalue weighted by atomic mass is 35.5. The van der Waals surface area contributed by atoms with Crippen LogP contribution in [0.2, 0.25) is 0 Å². The lowest BCUT2D eigenvalue weighted by Gasteiger charge is -2.28. The van der Waals surface area contributed by atoms with Gasteiger partial charge >= 0.3 is 5.97 Å². The van der Waals surface area contributed by atoms with E-state index in [4.69, 9.17) is 9.47 Å².